The fourth-order valence-corrected chi connectivity index (χ4v) is 14.2. The highest BCUT2D eigenvalue weighted by atomic mass is 28.4. The van der Waals surface area contributed by atoms with Crippen LogP contribution in [0.25, 0.3) is 0 Å². The highest BCUT2D eigenvalue weighted by molar-refractivity contribution is 6.89. The topological polar surface area (TPSA) is 29.5 Å². The highest BCUT2D eigenvalue weighted by Gasteiger charge is 2.43. The Morgan fingerprint density at radius 2 is 1.38 bits per heavy atom. The van der Waals surface area contributed by atoms with Gasteiger partial charge in [0.25, 0.3) is 0 Å². The van der Waals surface area contributed by atoms with Crippen LogP contribution in [0.2, 0.25) is 58.9 Å². The van der Waals surface area contributed by atoms with Crippen molar-refractivity contribution in [2.75, 3.05) is 0 Å². The van der Waals surface area contributed by atoms with E-state index in [9.17, 15) is 4.79 Å². The van der Waals surface area contributed by atoms with Gasteiger partial charge in [0.1, 0.15) is 16.5 Å². The maximum atomic E-state index is 12.8. The van der Waals surface area contributed by atoms with Crippen molar-refractivity contribution in [2.45, 2.75) is 91.2 Å². The van der Waals surface area contributed by atoms with Crippen molar-refractivity contribution in [1.82, 2.24) is 4.23 Å². The van der Waals surface area contributed by atoms with E-state index in [2.05, 4.69) is 70.1 Å². The van der Waals surface area contributed by atoms with E-state index in [0.717, 1.165) is 19.3 Å². The van der Waals surface area contributed by atoms with Gasteiger partial charge in [-0.15, -0.1) is 0 Å². The molecule has 126 valence electrons. The predicted octanol–water partition coefficient (Wildman–Crippen LogP) is 4.90. The third kappa shape index (κ3) is 7.76. The van der Waals surface area contributed by atoms with Gasteiger partial charge in [0.05, 0.1) is 6.04 Å². The lowest BCUT2D eigenvalue weighted by atomic mass is 10.1. The molecule has 0 saturated carbocycles. The lowest BCUT2D eigenvalue weighted by molar-refractivity contribution is -0.139. The van der Waals surface area contributed by atoms with Crippen LogP contribution in [0.15, 0.2) is 0 Å². The van der Waals surface area contributed by atoms with E-state index < -0.39 is 24.8 Å². The van der Waals surface area contributed by atoms with Crippen LogP contribution < -0.4 is 0 Å². The minimum absolute atomic E-state index is 0.0324. The van der Waals surface area contributed by atoms with Gasteiger partial charge in [-0.05, 0) is 26.1 Å². The number of unbranched alkanes of at least 4 members (excludes halogenated alkanes) is 1. The largest absolute Gasteiger partial charge is 0.519 e. The SMILES string of the molecule is CCCCC(C(=O)O[Si](C)(C)C)N([Si](C)(C)C)[Si](C)(C)C. The first-order valence-electron chi connectivity index (χ1n) is 8.22. The molecule has 6 heteroatoms. The predicted molar refractivity (Wildman–Crippen MR) is 101 cm³/mol. The molecule has 0 fully saturated rings. The molecule has 0 aliphatic rings. The molecule has 0 rings (SSSR count). The number of nitrogens with zero attached hydrogens (tertiary/aromatic N) is 1. The molecular weight excluding hydrogens is 310 g/mol. The zero-order chi connectivity index (χ0) is 17.1. The maximum absolute atomic E-state index is 12.8. The molecular formula is C15H37NO2Si3. The summed E-state index contributed by atoms with van der Waals surface area (Å²) in [5.41, 5.74) is 0. The third-order valence-electron chi connectivity index (χ3n) is 3.27. The first-order chi connectivity index (χ1) is 9.20. The van der Waals surface area contributed by atoms with Crippen LogP contribution in [0.1, 0.15) is 26.2 Å². The Morgan fingerprint density at radius 1 is 0.952 bits per heavy atom. The van der Waals surface area contributed by atoms with E-state index >= 15 is 0 Å². The van der Waals surface area contributed by atoms with Crippen LogP contribution in [-0.2, 0) is 9.22 Å². The fraction of sp³-hybridized carbons (Fsp3) is 0.933. The fourth-order valence-electron chi connectivity index (χ4n) is 3.06. The van der Waals surface area contributed by atoms with Crippen LogP contribution >= 0.6 is 0 Å². The molecule has 0 spiro atoms. The van der Waals surface area contributed by atoms with Crippen molar-refractivity contribution in [3.05, 3.63) is 0 Å². The molecule has 0 saturated heterocycles. The Labute approximate surface area is 135 Å². The van der Waals surface area contributed by atoms with Crippen molar-refractivity contribution in [1.29, 1.82) is 0 Å². The molecule has 1 atom stereocenters. The molecule has 3 nitrogen and oxygen atoms in total. The highest BCUT2D eigenvalue weighted by Crippen LogP contribution is 2.27. The number of hydrogen-bond donors (Lipinski definition) is 0. The van der Waals surface area contributed by atoms with E-state index in [1.165, 1.54) is 0 Å². The molecule has 1 unspecified atom stereocenters. The van der Waals surface area contributed by atoms with Crippen LogP contribution in [0.3, 0.4) is 0 Å². The smallest absolute Gasteiger partial charge is 0.308 e. The van der Waals surface area contributed by atoms with Crippen molar-refractivity contribution in [2.24, 2.45) is 0 Å². The van der Waals surface area contributed by atoms with E-state index in [1.54, 1.807) is 0 Å². The summed E-state index contributed by atoms with van der Waals surface area (Å²) < 4.78 is 8.48. The van der Waals surface area contributed by atoms with Gasteiger partial charge >= 0.3 is 5.97 Å². The van der Waals surface area contributed by atoms with Crippen molar-refractivity contribution >= 4 is 30.8 Å². The van der Waals surface area contributed by atoms with Crippen LogP contribution in [-0.4, -0.2) is 41.0 Å². The van der Waals surface area contributed by atoms with Crippen LogP contribution in [0, 0.1) is 0 Å². The summed E-state index contributed by atoms with van der Waals surface area (Å²) in [5, 5.41) is 0. The second-order valence-electron chi connectivity index (χ2n) is 8.90. The molecule has 0 amide bonds. The molecule has 0 aromatic carbocycles. The van der Waals surface area contributed by atoms with Gasteiger partial charge in [0, 0.05) is 0 Å². The number of rotatable bonds is 8. The molecule has 0 aliphatic heterocycles. The van der Waals surface area contributed by atoms with Gasteiger partial charge in [-0.2, -0.15) is 0 Å². The summed E-state index contributed by atoms with van der Waals surface area (Å²) in [5.74, 6) is 0.0347. The molecule has 21 heavy (non-hydrogen) atoms. The first-order valence-corrected chi connectivity index (χ1v) is 18.5. The summed E-state index contributed by atoms with van der Waals surface area (Å²) in [7, 11) is -4.96. The van der Waals surface area contributed by atoms with Gasteiger partial charge in [-0.1, -0.05) is 59.0 Å². The number of carbonyl (C=O) groups is 1. The molecule has 0 N–H and O–H groups in total. The first kappa shape index (κ1) is 21.1. The van der Waals surface area contributed by atoms with Gasteiger partial charge in [-0.3, -0.25) is 4.79 Å². The summed E-state index contributed by atoms with van der Waals surface area (Å²) in [6.45, 7) is 22.6. The van der Waals surface area contributed by atoms with Crippen molar-refractivity contribution < 1.29 is 9.22 Å². The minimum atomic E-state index is -1.83. The normalized spacial score (nSPS) is 15.2. The Kier molecular flexibility index (Phi) is 7.60. The van der Waals surface area contributed by atoms with E-state index in [-0.39, 0.29) is 12.0 Å². The van der Waals surface area contributed by atoms with E-state index in [1.807, 2.05) is 0 Å². The van der Waals surface area contributed by atoms with Crippen LogP contribution in [0.5, 0.6) is 0 Å². The third-order valence-corrected chi connectivity index (χ3v) is 11.6. The van der Waals surface area contributed by atoms with Crippen molar-refractivity contribution in [3.63, 3.8) is 0 Å². The number of carbonyl (C=O) groups excluding carboxylic acids is 1. The summed E-state index contributed by atoms with van der Waals surface area (Å²) in [6.07, 6.45) is 3.16. The molecule has 0 radical (unpaired) electrons. The standard InChI is InChI=1S/C15H37NO2Si3/c1-11-12-13-14(15(17)18-21(8,9)10)16(19(2,3)4)20(5,6)7/h14H,11-13H2,1-10H3. The molecule has 0 aromatic rings. The Hall–Kier alpha value is 0.0806. The molecule has 0 bridgehead atoms. The lowest BCUT2D eigenvalue weighted by Crippen LogP contribution is -2.65. The molecule has 0 aromatic heterocycles. The second-order valence-corrected chi connectivity index (χ2v) is 23.4. The van der Waals surface area contributed by atoms with Crippen LogP contribution in [0.4, 0.5) is 0 Å². The summed E-state index contributed by atoms with van der Waals surface area (Å²) >= 11 is 0. The lowest BCUT2D eigenvalue weighted by Gasteiger charge is -2.48. The zero-order valence-corrected chi connectivity index (χ0v) is 19.0. The average Bonchev–Trinajstić information content (AvgIpc) is 2.17. The van der Waals surface area contributed by atoms with Gasteiger partial charge in [0.15, 0.2) is 0 Å². The van der Waals surface area contributed by atoms with Crippen molar-refractivity contribution in [3.8, 4) is 0 Å². The summed E-state index contributed by atoms with van der Waals surface area (Å²) in [6, 6.07) is -0.0324. The number of hydrogen-bond acceptors (Lipinski definition) is 3. The Morgan fingerprint density at radius 3 is 1.67 bits per heavy atom. The molecule has 0 heterocycles. The van der Waals surface area contributed by atoms with E-state index in [4.69, 9.17) is 4.43 Å². The average molecular weight is 348 g/mol. The minimum Gasteiger partial charge on any atom is -0.519 e. The molecule has 0 aliphatic carbocycles. The Bertz CT molecular complexity index is 326. The zero-order valence-electron chi connectivity index (χ0n) is 16.0. The quantitative estimate of drug-likeness (QED) is 0.585. The van der Waals surface area contributed by atoms with Gasteiger partial charge < -0.3 is 8.66 Å². The van der Waals surface area contributed by atoms with Gasteiger partial charge in [0.2, 0.25) is 8.32 Å². The second kappa shape index (κ2) is 7.57. The van der Waals surface area contributed by atoms with Gasteiger partial charge in [-0.25, -0.2) is 0 Å². The maximum Gasteiger partial charge on any atom is 0.308 e. The summed E-state index contributed by atoms with van der Waals surface area (Å²) in [4.78, 5) is 12.8. The Balaban J connectivity index is 5.49. The van der Waals surface area contributed by atoms with E-state index in [0.29, 0.717) is 0 Å². The monoisotopic (exact) mass is 347 g/mol.